The Hall–Kier alpha value is -1.52. The Kier molecular flexibility index (Phi) is 9.91. The zero-order chi connectivity index (χ0) is 24.8. The van der Waals surface area contributed by atoms with Crippen molar-refractivity contribution in [2.24, 2.45) is 5.92 Å². The van der Waals surface area contributed by atoms with Gasteiger partial charge in [0.25, 0.3) is 0 Å². The summed E-state index contributed by atoms with van der Waals surface area (Å²) in [4.78, 5) is 20.2. The van der Waals surface area contributed by atoms with Crippen LogP contribution in [0.3, 0.4) is 0 Å². The summed E-state index contributed by atoms with van der Waals surface area (Å²) < 4.78 is 25.7. The fourth-order valence-electron chi connectivity index (χ4n) is 4.97. The second-order valence-electron chi connectivity index (χ2n) is 9.90. The number of hydrogen-bond acceptors (Lipinski definition) is 6. The van der Waals surface area contributed by atoms with Gasteiger partial charge in [-0.25, -0.2) is 8.51 Å². The smallest absolute Gasteiger partial charge is 0.248 e. The number of carbonyl (C=O) groups is 1. The molecule has 0 aliphatic carbocycles. The zero-order valence-corrected chi connectivity index (χ0v) is 22.5. The van der Waals surface area contributed by atoms with Crippen molar-refractivity contribution in [3.05, 3.63) is 23.3 Å². The largest absolute Gasteiger partial charge is 0.497 e. The molecule has 9 heteroatoms. The van der Waals surface area contributed by atoms with E-state index in [0.29, 0.717) is 25.1 Å². The average molecular weight is 495 g/mol. The number of nitrogens with zero attached hydrogens (tertiary/aromatic N) is 4. The number of benzene rings is 1. The molecule has 0 saturated carbocycles. The normalized spacial score (nSPS) is 20.9. The standard InChI is InChI=1S/C25H42N4O4S/c1-19-12-23(32-6)13-20(2)25(19)34(31)28(5)10-11-33-18-24(30)27(4)14-21-8-7-9-29(15-21)22-16-26(3)17-22/h12-13,21-22H,7-11,14-18H2,1-6H3. The minimum Gasteiger partial charge on any atom is -0.497 e. The van der Waals surface area contributed by atoms with Gasteiger partial charge in [-0.2, -0.15) is 0 Å². The quantitative estimate of drug-likeness (QED) is 0.437. The summed E-state index contributed by atoms with van der Waals surface area (Å²) >= 11 is 0. The molecule has 0 radical (unpaired) electrons. The van der Waals surface area contributed by atoms with E-state index in [1.807, 2.05) is 45.0 Å². The van der Waals surface area contributed by atoms with E-state index in [0.717, 1.165) is 48.0 Å². The van der Waals surface area contributed by atoms with Crippen LogP contribution in [0.25, 0.3) is 0 Å². The monoisotopic (exact) mass is 494 g/mol. The van der Waals surface area contributed by atoms with Gasteiger partial charge in [0.2, 0.25) is 5.91 Å². The number of amides is 1. The molecule has 1 amide bonds. The van der Waals surface area contributed by atoms with Crippen LogP contribution in [0.4, 0.5) is 0 Å². The maximum atomic E-state index is 13.0. The van der Waals surface area contributed by atoms with Crippen molar-refractivity contribution in [3.8, 4) is 5.75 Å². The molecule has 2 saturated heterocycles. The summed E-state index contributed by atoms with van der Waals surface area (Å²) in [5.41, 5.74) is 1.87. The van der Waals surface area contributed by atoms with E-state index in [1.165, 1.54) is 19.4 Å². The molecule has 0 aromatic heterocycles. The van der Waals surface area contributed by atoms with Crippen LogP contribution >= 0.6 is 0 Å². The van der Waals surface area contributed by atoms with Gasteiger partial charge in [0.05, 0.1) is 18.6 Å². The molecule has 8 nitrogen and oxygen atoms in total. The van der Waals surface area contributed by atoms with Crippen LogP contribution in [0.15, 0.2) is 17.0 Å². The Balaban J connectivity index is 1.38. The van der Waals surface area contributed by atoms with Crippen LogP contribution in [0.2, 0.25) is 0 Å². The molecule has 0 spiro atoms. The fourth-order valence-corrected chi connectivity index (χ4v) is 6.19. The highest BCUT2D eigenvalue weighted by molar-refractivity contribution is 7.82. The molecule has 2 fully saturated rings. The highest BCUT2D eigenvalue weighted by atomic mass is 32.2. The number of ether oxygens (including phenoxy) is 2. The molecular weight excluding hydrogens is 452 g/mol. The Morgan fingerprint density at radius 3 is 2.47 bits per heavy atom. The first kappa shape index (κ1) is 27.1. The van der Waals surface area contributed by atoms with Crippen LogP contribution in [-0.2, 0) is 20.5 Å². The van der Waals surface area contributed by atoms with Crippen LogP contribution < -0.4 is 4.74 Å². The van der Waals surface area contributed by atoms with Crippen LogP contribution in [0.5, 0.6) is 5.75 Å². The third kappa shape index (κ3) is 7.01. The first-order valence-electron chi connectivity index (χ1n) is 12.2. The van der Waals surface area contributed by atoms with Crippen LogP contribution in [-0.4, -0.2) is 116 Å². The van der Waals surface area contributed by atoms with Gasteiger partial charge >= 0.3 is 0 Å². The van der Waals surface area contributed by atoms with Crippen LogP contribution in [0, 0.1) is 19.8 Å². The Morgan fingerprint density at radius 1 is 1.18 bits per heavy atom. The Bertz CT molecular complexity index is 838. The summed E-state index contributed by atoms with van der Waals surface area (Å²) in [6, 6.07) is 4.48. The number of piperidine rings is 1. The fraction of sp³-hybridized carbons (Fsp3) is 0.720. The van der Waals surface area contributed by atoms with Crippen molar-refractivity contribution in [2.45, 2.75) is 37.6 Å². The lowest BCUT2D eigenvalue weighted by molar-refractivity contribution is -0.135. The maximum absolute atomic E-state index is 13.0. The second-order valence-corrected chi connectivity index (χ2v) is 11.4. The van der Waals surface area contributed by atoms with Gasteiger partial charge < -0.3 is 19.3 Å². The predicted molar refractivity (Wildman–Crippen MR) is 136 cm³/mol. The van der Waals surface area contributed by atoms with E-state index in [1.54, 1.807) is 11.4 Å². The number of likely N-dealkylation sites (tertiary alicyclic amines) is 2. The van der Waals surface area contributed by atoms with Gasteiger partial charge in [-0.15, -0.1) is 0 Å². The third-order valence-corrected chi connectivity index (χ3v) is 8.71. The first-order chi connectivity index (χ1) is 16.2. The number of carbonyl (C=O) groups excluding carboxylic acids is 1. The molecule has 2 atom stereocenters. The van der Waals surface area contributed by atoms with E-state index in [9.17, 15) is 9.00 Å². The summed E-state index contributed by atoms with van der Waals surface area (Å²) in [6.07, 6.45) is 2.39. The minimum atomic E-state index is -1.30. The first-order valence-corrected chi connectivity index (χ1v) is 13.3. The topological polar surface area (TPSA) is 65.6 Å². The minimum absolute atomic E-state index is 0.00567. The molecule has 0 N–H and O–H groups in total. The van der Waals surface area contributed by atoms with Crippen molar-refractivity contribution in [1.82, 2.24) is 19.0 Å². The van der Waals surface area contributed by atoms with Crippen molar-refractivity contribution >= 4 is 16.9 Å². The molecular formula is C25H42N4O4S. The van der Waals surface area contributed by atoms with Gasteiger partial charge in [-0.1, -0.05) is 0 Å². The van der Waals surface area contributed by atoms with Crippen LogP contribution in [0.1, 0.15) is 24.0 Å². The van der Waals surface area contributed by atoms with Gasteiger partial charge in [0.1, 0.15) is 23.3 Å². The highest BCUT2D eigenvalue weighted by Crippen LogP contribution is 2.26. The lowest BCUT2D eigenvalue weighted by Gasteiger charge is -2.47. The second kappa shape index (κ2) is 12.4. The van der Waals surface area contributed by atoms with E-state index in [4.69, 9.17) is 9.47 Å². The predicted octanol–water partition coefficient (Wildman–Crippen LogP) is 1.77. The lowest BCUT2D eigenvalue weighted by atomic mass is 9.94. The maximum Gasteiger partial charge on any atom is 0.248 e. The van der Waals surface area contributed by atoms with Crippen molar-refractivity contribution in [1.29, 1.82) is 0 Å². The molecule has 2 unspecified atom stereocenters. The Morgan fingerprint density at radius 2 is 1.85 bits per heavy atom. The summed E-state index contributed by atoms with van der Waals surface area (Å²) in [5.74, 6) is 1.30. The van der Waals surface area contributed by atoms with E-state index >= 15 is 0 Å². The van der Waals surface area contributed by atoms with Crippen molar-refractivity contribution in [2.75, 3.05) is 80.7 Å². The third-order valence-electron chi connectivity index (χ3n) is 6.97. The number of methoxy groups -OCH3 is 1. The van der Waals surface area contributed by atoms with Gasteiger partial charge in [0.15, 0.2) is 0 Å². The molecule has 2 aliphatic heterocycles. The van der Waals surface area contributed by atoms with Gasteiger partial charge in [-0.05, 0) is 69.5 Å². The molecule has 3 rings (SSSR count). The Labute approximate surface area is 207 Å². The molecule has 2 heterocycles. The number of hydrogen-bond donors (Lipinski definition) is 0. The lowest BCUT2D eigenvalue weighted by Crippen LogP contribution is -2.60. The number of likely N-dealkylation sites (N-methyl/N-ethyl adjacent to an activating group) is 3. The SMILES string of the molecule is COc1cc(C)c(S(=O)N(C)CCOCC(=O)N(C)CC2CCCN(C3CN(C)C3)C2)c(C)c1. The summed E-state index contributed by atoms with van der Waals surface area (Å²) in [7, 11) is 6.18. The number of rotatable bonds is 11. The average Bonchev–Trinajstić information content (AvgIpc) is 2.78. The molecule has 1 aromatic rings. The van der Waals surface area contributed by atoms with Gasteiger partial charge in [-0.3, -0.25) is 9.69 Å². The highest BCUT2D eigenvalue weighted by Gasteiger charge is 2.33. The number of aryl methyl sites for hydroxylation is 2. The van der Waals surface area contributed by atoms with Crippen molar-refractivity contribution in [3.63, 3.8) is 0 Å². The molecule has 1 aromatic carbocycles. The summed E-state index contributed by atoms with van der Waals surface area (Å²) in [6.45, 7) is 10.1. The van der Waals surface area contributed by atoms with E-state index in [-0.39, 0.29) is 12.5 Å². The molecule has 2 aliphatic rings. The van der Waals surface area contributed by atoms with E-state index < -0.39 is 11.0 Å². The molecule has 34 heavy (non-hydrogen) atoms. The molecule has 0 bridgehead atoms. The zero-order valence-electron chi connectivity index (χ0n) is 21.7. The van der Waals surface area contributed by atoms with Crippen molar-refractivity contribution < 1.29 is 18.5 Å². The van der Waals surface area contributed by atoms with Gasteiger partial charge in [0, 0.05) is 52.9 Å². The van der Waals surface area contributed by atoms with E-state index in [2.05, 4.69) is 16.8 Å². The molecule has 192 valence electrons. The summed E-state index contributed by atoms with van der Waals surface area (Å²) in [5, 5.41) is 0.